The molecule has 1 amide bonds. The van der Waals surface area contributed by atoms with Gasteiger partial charge < -0.3 is 10.1 Å². The maximum Gasteiger partial charge on any atom is 0.269 e. The lowest BCUT2D eigenvalue weighted by atomic mass is 10.2. The normalized spacial score (nSPS) is 10.3. The van der Waals surface area contributed by atoms with Crippen molar-refractivity contribution in [1.29, 1.82) is 0 Å². The number of benzene rings is 2. The number of halogens is 1. The van der Waals surface area contributed by atoms with Gasteiger partial charge in [0.1, 0.15) is 18.2 Å². The van der Waals surface area contributed by atoms with Gasteiger partial charge in [-0.05, 0) is 42.0 Å². The van der Waals surface area contributed by atoms with Crippen LogP contribution in [0, 0.1) is 10.1 Å². The fraction of sp³-hybridized carbons (Fsp3) is 0.0526. The Morgan fingerprint density at radius 1 is 1.11 bits per heavy atom. The molecule has 0 atom stereocenters. The van der Waals surface area contributed by atoms with Crippen LogP contribution in [0.4, 0.5) is 11.5 Å². The molecule has 0 spiro atoms. The first kappa shape index (κ1) is 18.3. The third-order valence-corrected chi connectivity index (χ3v) is 3.87. The first-order chi connectivity index (χ1) is 13.0. The Labute approximate surface area is 159 Å². The second-order valence-corrected chi connectivity index (χ2v) is 5.96. The van der Waals surface area contributed by atoms with Gasteiger partial charge in [-0.15, -0.1) is 0 Å². The van der Waals surface area contributed by atoms with Gasteiger partial charge in [-0.2, -0.15) is 0 Å². The molecule has 2 aromatic carbocycles. The molecular weight excluding hydrogens is 370 g/mol. The number of amides is 1. The van der Waals surface area contributed by atoms with Crippen molar-refractivity contribution >= 4 is 29.0 Å². The number of nitrogens with zero attached hydrogens (tertiary/aromatic N) is 2. The van der Waals surface area contributed by atoms with Crippen molar-refractivity contribution in [2.45, 2.75) is 6.61 Å². The molecule has 0 fully saturated rings. The number of nitro benzene ring substituents is 1. The number of anilines is 1. The molecule has 0 aliphatic heterocycles. The third-order valence-electron chi connectivity index (χ3n) is 3.64. The third kappa shape index (κ3) is 4.80. The lowest BCUT2D eigenvalue weighted by Gasteiger charge is -2.11. The number of pyridine rings is 1. The molecule has 3 aromatic rings. The van der Waals surface area contributed by atoms with Gasteiger partial charge in [0.15, 0.2) is 0 Å². The van der Waals surface area contributed by atoms with Crippen LogP contribution in [0.3, 0.4) is 0 Å². The number of para-hydroxylation sites is 1. The second-order valence-electron chi connectivity index (χ2n) is 5.52. The van der Waals surface area contributed by atoms with E-state index < -0.39 is 4.92 Å². The second kappa shape index (κ2) is 8.29. The highest BCUT2D eigenvalue weighted by molar-refractivity contribution is 6.30. The monoisotopic (exact) mass is 383 g/mol. The molecule has 1 N–H and O–H groups in total. The maximum absolute atomic E-state index is 12.5. The minimum atomic E-state index is -0.463. The largest absolute Gasteiger partial charge is 0.488 e. The van der Waals surface area contributed by atoms with Crippen LogP contribution < -0.4 is 10.1 Å². The van der Waals surface area contributed by atoms with E-state index >= 15 is 0 Å². The van der Waals surface area contributed by atoms with E-state index in [0.717, 1.165) is 5.56 Å². The molecule has 1 heterocycles. The van der Waals surface area contributed by atoms with Crippen LogP contribution in [0.2, 0.25) is 5.02 Å². The zero-order valence-electron chi connectivity index (χ0n) is 14.0. The van der Waals surface area contributed by atoms with Crippen molar-refractivity contribution in [3.8, 4) is 5.75 Å². The molecule has 3 rings (SSSR count). The maximum atomic E-state index is 12.5. The number of non-ortho nitro benzene ring substituents is 1. The fourth-order valence-corrected chi connectivity index (χ4v) is 2.40. The van der Waals surface area contributed by atoms with Gasteiger partial charge in [0, 0.05) is 18.3 Å². The summed E-state index contributed by atoms with van der Waals surface area (Å²) < 4.78 is 5.73. The van der Waals surface area contributed by atoms with Crippen LogP contribution in [0.25, 0.3) is 0 Å². The molecule has 0 aliphatic carbocycles. The number of ether oxygens (including phenoxy) is 1. The molecule has 0 saturated heterocycles. The van der Waals surface area contributed by atoms with Crippen molar-refractivity contribution in [2.75, 3.05) is 5.32 Å². The zero-order chi connectivity index (χ0) is 19.2. The number of aromatic nitrogens is 1. The summed E-state index contributed by atoms with van der Waals surface area (Å²) >= 11 is 5.78. The standard InChI is InChI=1S/C19H14ClN3O4/c20-14-7-10-18(21-11-14)22-19(24)16-3-1-2-4-17(16)27-12-13-5-8-15(9-6-13)23(25)26/h1-11H,12H2,(H,21,22,24). The number of nitro groups is 1. The summed E-state index contributed by atoms with van der Waals surface area (Å²) in [6.45, 7) is 0.168. The van der Waals surface area contributed by atoms with Crippen molar-refractivity contribution in [3.63, 3.8) is 0 Å². The summed E-state index contributed by atoms with van der Waals surface area (Å²) in [5.74, 6) is 0.390. The Bertz CT molecular complexity index is 959. The number of hydrogen-bond acceptors (Lipinski definition) is 5. The van der Waals surface area contributed by atoms with Crippen LogP contribution in [-0.2, 0) is 6.61 Å². The topological polar surface area (TPSA) is 94.4 Å². The van der Waals surface area contributed by atoms with E-state index in [1.165, 1.54) is 18.3 Å². The van der Waals surface area contributed by atoms with Crippen LogP contribution >= 0.6 is 11.6 Å². The van der Waals surface area contributed by atoms with Crippen LogP contribution in [-0.4, -0.2) is 15.8 Å². The van der Waals surface area contributed by atoms with E-state index in [4.69, 9.17) is 16.3 Å². The van der Waals surface area contributed by atoms with E-state index in [9.17, 15) is 14.9 Å². The van der Waals surface area contributed by atoms with Gasteiger partial charge in [0.2, 0.25) is 0 Å². The molecule has 27 heavy (non-hydrogen) atoms. The summed E-state index contributed by atoms with van der Waals surface area (Å²) in [6.07, 6.45) is 1.44. The van der Waals surface area contributed by atoms with E-state index in [1.807, 2.05) is 0 Å². The first-order valence-corrected chi connectivity index (χ1v) is 8.29. The summed E-state index contributed by atoms with van der Waals surface area (Å²) in [4.78, 5) is 26.8. The highest BCUT2D eigenvalue weighted by atomic mass is 35.5. The number of carbonyl (C=O) groups is 1. The predicted octanol–water partition coefficient (Wildman–Crippen LogP) is 4.47. The Morgan fingerprint density at radius 3 is 2.52 bits per heavy atom. The van der Waals surface area contributed by atoms with Gasteiger partial charge in [-0.3, -0.25) is 14.9 Å². The average molecular weight is 384 g/mol. The molecule has 0 saturated carbocycles. The fourth-order valence-electron chi connectivity index (χ4n) is 2.29. The number of carbonyl (C=O) groups excluding carboxylic acids is 1. The predicted molar refractivity (Wildman–Crippen MR) is 101 cm³/mol. The van der Waals surface area contributed by atoms with Crippen LogP contribution in [0.1, 0.15) is 15.9 Å². The van der Waals surface area contributed by atoms with E-state index in [2.05, 4.69) is 10.3 Å². The summed E-state index contributed by atoms with van der Waals surface area (Å²) in [7, 11) is 0. The van der Waals surface area contributed by atoms with Crippen LogP contribution in [0.15, 0.2) is 66.9 Å². The lowest BCUT2D eigenvalue weighted by Crippen LogP contribution is -2.14. The quantitative estimate of drug-likeness (QED) is 0.500. The molecule has 0 bridgehead atoms. The van der Waals surface area contributed by atoms with Crippen molar-refractivity contribution in [2.24, 2.45) is 0 Å². The van der Waals surface area contributed by atoms with E-state index in [1.54, 1.807) is 48.5 Å². The lowest BCUT2D eigenvalue weighted by molar-refractivity contribution is -0.384. The summed E-state index contributed by atoms with van der Waals surface area (Å²) in [6, 6.07) is 16.0. The zero-order valence-corrected chi connectivity index (χ0v) is 14.7. The molecule has 136 valence electrons. The molecule has 0 unspecified atom stereocenters. The van der Waals surface area contributed by atoms with Crippen LogP contribution in [0.5, 0.6) is 5.75 Å². The van der Waals surface area contributed by atoms with Gasteiger partial charge in [0.25, 0.3) is 11.6 Å². The minimum Gasteiger partial charge on any atom is -0.488 e. The Balaban J connectivity index is 1.70. The minimum absolute atomic E-state index is 0.00833. The molecule has 7 nitrogen and oxygen atoms in total. The molecule has 8 heteroatoms. The summed E-state index contributed by atoms with van der Waals surface area (Å²) in [5.41, 5.74) is 1.10. The Hall–Kier alpha value is -3.45. The van der Waals surface area contributed by atoms with Gasteiger partial charge in [0.05, 0.1) is 15.5 Å². The molecule has 0 aliphatic rings. The first-order valence-electron chi connectivity index (χ1n) is 7.91. The smallest absolute Gasteiger partial charge is 0.269 e. The summed E-state index contributed by atoms with van der Waals surface area (Å²) in [5, 5.41) is 13.8. The molecular formula is C19H14ClN3O4. The van der Waals surface area contributed by atoms with E-state index in [0.29, 0.717) is 22.2 Å². The van der Waals surface area contributed by atoms with E-state index in [-0.39, 0.29) is 18.2 Å². The van der Waals surface area contributed by atoms with Crippen molar-refractivity contribution in [1.82, 2.24) is 4.98 Å². The highest BCUT2D eigenvalue weighted by Gasteiger charge is 2.13. The molecule has 0 radical (unpaired) electrons. The highest BCUT2D eigenvalue weighted by Crippen LogP contribution is 2.21. The van der Waals surface area contributed by atoms with Gasteiger partial charge in [-0.25, -0.2) is 4.98 Å². The number of rotatable bonds is 6. The Kier molecular flexibility index (Phi) is 5.63. The van der Waals surface area contributed by atoms with Gasteiger partial charge in [-0.1, -0.05) is 23.7 Å². The Morgan fingerprint density at radius 2 is 1.85 bits per heavy atom. The van der Waals surface area contributed by atoms with Gasteiger partial charge >= 0.3 is 0 Å². The molecule has 1 aromatic heterocycles. The average Bonchev–Trinajstić information content (AvgIpc) is 2.68. The van der Waals surface area contributed by atoms with Crippen molar-refractivity contribution in [3.05, 3.63) is 93.1 Å². The SMILES string of the molecule is O=C(Nc1ccc(Cl)cn1)c1ccccc1OCc1ccc([N+](=O)[O-])cc1. The number of hydrogen-bond donors (Lipinski definition) is 1. The van der Waals surface area contributed by atoms with Crippen molar-refractivity contribution < 1.29 is 14.5 Å². The number of nitrogens with one attached hydrogen (secondary N) is 1.